The molecule has 1 fully saturated rings. The van der Waals surface area contributed by atoms with Crippen LogP contribution in [0.5, 0.6) is 0 Å². The van der Waals surface area contributed by atoms with Crippen molar-refractivity contribution in [3.63, 3.8) is 0 Å². The van der Waals surface area contributed by atoms with E-state index in [0.29, 0.717) is 30.0 Å². The maximum Gasteiger partial charge on any atom is 0.272 e. The van der Waals surface area contributed by atoms with E-state index in [1.54, 1.807) is 24.3 Å². The van der Waals surface area contributed by atoms with E-state index >= 15 is 0 Å². The lowest BCUT2D eigenvalue weighted by Crippen LogP contribution is -2.28. The van der Waals surface area contributed by atoms with Gasteiger partial charge in [0.05, 0.1) is 11.5 Å². The Morgan fingerprint density at radius 1 is 1.21 bits per heavy atom. The molecule has 1 aromatic heterocycles. The summed E-state index contributed by atoms with van der Waals surface area (Å²) in [6.07, 6.45) is 7.29. The van der Waals surface area contributed by atoms with Crippen LogP contribution in [0.2, 0.25) is 0 Å². The van der Waals surface area contributed by atoms with Gasteiger partial charge in [-0.2, -0.15) is 5.10 Å². The Balaban J connectivity index is 1.50. The van der Waals surface area contributed by atoms with Gasteiger partial charge in [-0.15, -0.1) is 0 Å². The number of hydrogen-bond acceptors (Lipinski definition) is 4. The molecule has 1 aliphatic rings. The topological polar surface area (TPSA) is 84.1 Å². The van der Waals surface area contributed by atoms with Gasteiger partial charge in [0.1, 0.15) is 0 Å². The third-order valence-corrected chi connectivity index (χ3v) is 4.42. The SMILES string of the molecule is O=C(NCCCOC1CCCCC1)c1n[nH]c(=O)c2ccccc12. The number of carbonyl (C=O) groups is 1. The van der Waals surface area contributed by atoms with Crippen molar-refractivity contribution >= 4 is 16.7 Å². The molecule has 0 aliphatic heterocycles. The van der Waals surface area contributed by atoms with Crippen LogP contribution in [0.25, 0.3) is 10.8 Å². The quantitative estimate of drug-likeness (QED) is 0.797. The summed E-state index contributed by atoms with van der Waals surface area (Å²) in [5.74, 6) is -0.278. The molecule has 0 saturated heterocycles. The highest BCUT2D eigenvalue weighted by molar-refractivity contribution is 6.04. The summed E-state index contributed by atoms with van der Waals surface area (Å²) >= 11 is 0. The molecule has 0 radical (unpaired) electrons. The number of aromatic amines is 1. The zero-order valence-corrected chi connectivity index (χ0v) is 13.7. The van der Waals surface area contributed by atoms with Gasteiger partial charge in [0, 0.05) is 18.5 Å². The van der Waals surface area contributed by atoms with E-state index in [0.717, 1.165) is 19.3 Å². The first-order valence-electron chi connectivity index (χ1n) is 8.63. The predicted octanol–water partition coefficient (Wildman–Crippen LogP) is 2.39. The second-order valence-electron chi connectivity index (χ2n) is 6.19. The van der Waals surface area contributed by atoms with E-state index in [1.807, 2.05) is 0 Å². The molecule has 1 heterocycles. The van der Waals surface area contributed by atoms with Crippen LogP contribution in [-0.2, 0) is 4.74 Å². The standard InChI is InChI=1S/C18H23N3O3/c22-17-15-10-5-4-9-14(15)16(20-21-17)18(23)19-11-6-12-24-13-7-2-1-3-8-13/h4-5,9-10,13H,1-3,6-8,11-12H2,(H,19,23)(H,21,22). The normalized spacial score (nSPS) is 15.5. The van der Waals surface area contributed by atoms with Crippen molar-refractivity contribution in [1.29, 1.82) is 0 Å². The van der Waals surface area contributed by atoms with Gasteiger partial charge >= 0.3 is 0 Å². The van der Waals surface area contributed by atoms with Crippen molar-refractivity contribution in [2.24, 2.45) is 0 Å². The number of nitrogens with one attached hydrogen (secondary N) is 2. The summed E-state index contributed by atoms with van der Waals surface area (Å²) in [4.78, 5) is 24.0. The molecule has 1 saturated carbocycles. The van der Waals surface area contributed by atoms with Crippen LogP contribution in [-0.4, -0.2) is 35.4 Å². The molecule has 1 aliphatic carbocycles. The lowest BCUT2D eigenvalue weighted by molar-refractivity contribution is 0.0273. The van der Waals surface area contributed by atoms with Crippen molar-refractivity contribution < 1.29 is 9.53 Å². The third-order valence-electron chi connectivity index (χ3n) is 4.42. The minimum absolute atomic E-state index is 0.249. The number of H-pyrrole nitrogens is 1. The number of hydrogen-bond donors (Lipinski definition) is 2. The molecule has 6 nitrogen and oxygen atoms in total. The van der Waals surface area contributed by atoms with Gasteiger partial charge in [0.15, 0.2) is 5.69 Å². The molecule has 0 bridgehead atoms. The summed E-state index contributed by atoms with van der Waals surface area (Å²) in [6, 6.07) is 6.98. The van der Waals surface area contributed by atoms with E-state index in [-0.39, 0.29) is 17.2 Å². The Bertz CT molecular complexity index is 751. The lowest BCUT2D eigenvalue weighted by atomic mass is 9.98. The van der Waals surface area contributed by atoms with Crippen molar-refractivity contribution in [1.82, 2.24) is 15.5 Å². The molecule has 128 valence electrons. The average molecular weight is 329 g/mol. The second-order valence-corrected chi connectivity index (χ2v) is 6.19. The zero-order chi connectivity index (χ0) is 16.8. The minimum Gasteiger partial charge on any atom is -0.378 e. The number of fused-ring (bicyclic) bond motifs is 1. The van der Waals surface area contributed by atoms with Gasteiger partial charge in [0.2, 0.25) is 0 Å². The first kappa shape index (κ1) is 16.6. The molecule has 6 heteroatoms. The zero-order valence-electron chi connectivity index (χ0n) is 13.7. The van der Waals surface area contributed by atoms with E-state index < -0.39 is 0 Å². The summed E-state index contributed by atoms with van der Waals surface area (Å²) in [5, 5.41) is 10.2. The first-order valence-corrected chi connectivity index (χ1v) is 8.63. The molecule has 2 aromatic rings. The van der Waals surface area contributed by atoms with Crippen molar-refractivity contribution in [3.8, 4) is 0 Å². The number of amides is 1. The van der Waals surface area contributed by atoms with Gasteiger partial charge in [-0.3, -0.25) is 9.59 Å². The van der Waals surface area contributed by atoms with Gasteiger partial charge in [-0.25, -0.2) is 5.10 Å². The maximum atomic E-state index is 12.3. The van der Waals surface area contributed by atoms with Gasteiger partial charge < -0.3 is 10.1 Å². The number of aromatic nitrogens is 2. The Labute approximate surface area is 140 Å². The van der Waals surface area contributed by atoms with E-state index in [1.165, 1.54) is 19.3 Å². The maximum absolute atomic E-state index is 12.3. The Morgan fingerprint density at radius 2 is 1.96 bits per heavy atom. The summed E-state index contributed by atoms with van der Waals surface area (Å²) in [5.41, 5.74) is -0.0403. The van der Waals surface area contributed by atoms with Crippen LogP contribution in [0.1, 0.15) is 49.0 Å². The van der Waals surface area contributed by atoms with E-state index in [2.05, 4.69) is 15.5 Å². The van der Waals surface area contributed by atoms with Crippen LogP contribution in [0.4, 0.5) is 0 Å². The summed E-state index contributed by atoms with van der Waals surface area (Å²) < 4.78 is 5.84. The predicted molar refractivity (Wildman–Crippen MR) is 92.1 cm³/mol. The van der Waals surface area contributed by atoms with Gasteiger partial charge in [-0.05, 0) is 25.3 Å². The fourth-order valence-electron chi connectivity index (χ4n) is 3.13. The number of ether oxygens (including phenoxy) is 1. The third kappa shape index (κ3) is 4.00. The molecule has 3 rings (SSSR count). The smallest absolute Gasteiger partial charge is 0.272 e. The molecule has 24 heavy (non-hydrogen) atoms. The van der Waals surface area contributed by atoms with E-state index in [9.17, 15) is 9.59 Å². The average Bonchev–Trinajstić information content (AvgIpc) is 2.63. The van der Waals surface area contributed by atoms with Crippen molar-refractivity contribution in [2.45, 2.75) is 44.6 Å². The number of nitrogens with zero attached hydrogens (tertiary/aromatic N) is 1. The fourth-order valence-corrected chi connectivity index (χ4v) is 3.13. The Morgan fingerprint density at radius 3 is 2.75 bits per heavy atom. The lowest BCUT2D eigenvalue weighted by Gasteiger charge is -2.21. The highest BCUT2D eigenvalue weighted by Crippen LogP contribution is 2.20. The summed E-state index contributed by atoms with van der Waals surface area (Å²) in [6.45, 7) is 1.19. The Kier molecular flexibility index (Phi) is 5.59. The van der Waals surface area contributed by atoms with Crippen molar-refractivity contribution in [3.05, 3.63) is 40.3 Å². The summed E-state index contributed by atoms with van der Waals surface area (Å²) in [7, 11) is 0. The largest absolute Gasteiger partial charge is 0.378 e. The number of benzene rings is 1. The van der Waals surface area contributed by atoms with Crippen LogP contribution in [0.3, 0.4) is 0 Å². The van der Waals surface area contributed by atoms with E-state index in [4.69, 9.17) is 4.74 Å². The second kappa shape index (κ2) is 8.06. The molecule has 0 spiro atoms. The van der Waals surface area contributed by atoms with Gasteiger partial charge in [0.25, 0.3) is 11.5 Å². The van der Waals surface area contributed by atoms with Crippen LogP contribution >= 0.6 is 0 Å². The molecular formula is C18H23N3O3. The molecular weight excluding hydrogens is 306 g/mol. The molecule has 2 N–H and O–H groups in total. The van der Waals surface area contributed by atoms with Crippen LogP contribution in [0.15, 0.2) is 29.1 Å². The molecule has 0 unspecified atom stereocenters. The first-order chi connectivity index (χ1) is 11.8. The van der Waals surface area contributed by atoms with Crippen LogP contribution < -0.4 is 10.9 Å². The molecule has 1 amide bonds. The number of rotatable bonds is 6. The molecule has 1 aromatic carbocycles. The highest BCUT2D eigenvalue weighted by atomic mass is 16.5. The monoisotopic (exact) mass is 329 g/mol. The number of carbonyl (C=O) groups excluding carboxylic acids is 1. The highest BCUT2D eigenvalue weighted by Gasteiger charge is 2.15. The van der Waals surface area contributed by atoms with Crippen LogP contribution in [0, 0.1) is 0 Å². The Hall–Kier alpha value is -2.21. The minimum atomic E-state index is -0.289. The van der Waals surface area contributed by atoms with Crippen molar-refractivity contribution in [2.75, 3.05) is 13.2 Å². The molecule has 0 atom stereocenters. The van der Waals surface area contributed by atoms with Gasteiger partial charge in [-0.1, -0.05) is 37.5 Å². The fraction of sp³-hybridized carbons (Fsp3) is 0.500.